The summed E-state index contributed by atoms with van der Waals surface area (Å²) in [5.74, 6) is 3.83. The molecule has 4 aliphatic rings. The Morgan fingerprint density at radius 1 is 1.23 bits per heavy atom. The minimum Gasteiger partial charge on any atom is -0.490 e. The van der Waals surface area contributed by atoms with E-state index in [1.807, 2.05) is 24.3 Å². The van der Waals surface area contributed by atoms with Gasteiger partial charge in [0.15, 0.2) is 0 Å². The van der Waals surface area contributed by atoms with Crippen molar-refractivity contribution in [1.29, 1.82) is 0 Å². The van der Waals surface area contributed by atoms with Crippen LogP contribution in [0, 0.1) is 40.4 Å². The SMILES string of the molecule is CC(Oc1cccc(Cl)c1)[C@H]1C[C@H]2[C@@H]3[C@@H](C)C[C@H]4OC(=O)C=C[C@]4(C)[C@H]3CC[C@]2(C)C1. The van der Waals surface area contributed by atoms with Crippen molar-refractivity contribution in [1.82, 2.24) is 0 Å². The molecule has 0 aromatic heterocycles. The fourth-order valence-electron chi connectivity index (χ4n) is 7.86. The highest BCUT2D eigenvalue weighted by Gasteiger charge is 2.61. The van der Waals surface area contributed by atoms with Gasteiger partial charge in [0.1, 0.15) is 11.9 Å². The molecule has 0 bridgehead atoms. The first-order valence-electron chi connectivity index (χ1n) is 12.0. The fourth-order valence-corrected chi connectivity index (χ4v) is 8.04. The number of ether oxygens (including phenoxy) is 2. The van der Waals surface area contributed by atoms with Crippen LogP contribution in [-0.4, -0.2) is 18.2 Å². The summed E-state index contributed by atoms with van der Waals surface area (Å²) >= 11 is 6.16. The van der Waals surface area contributed by atoms with Crippen molar-refractivity contribution in [2.45, 2.75) is 72.0 Å². The Labute approximate surface area is 191 Å². The highest BCUT2D eigenvalue weighted by Crippen LogP contribution is 2.66. The van der Waals surface area contributed by atoms with E-state index in [0.29, 0.717) is 35.0 Å². The summed E-state index contributed by atoms with van der Waals surface area (Å²) in [5, 5.41) is 0.722. The van der Waals surface area contributed by atoms with Crippen molar-refractivity contribution in [3.8, 4) is 5.75 Å². The molecule has 0 N–H and O–H groups in total. The molecular formula is C27H35ClO3. The second-order valence-corrected chi connectivity index (χ2v) is 11.7. The smallest absolute Gasteiger partial charge is 0.330 e. The number of hydrogen-bond acceptors (Lipinski definition) is 3. The zero-order valence-electron chi connectivity index (χ0n) is 19.1. The Morgan fingerprint density at radius 3 is 2.81 bits per heavy atom. The molecule has 5 rings (SSSR count). The number of halogens is 1. The molecule has 1 unspecified atom stereocenters. The van der Waals surface area contributed by atoms with Crippen molar-refractivity contribution in [3.63, 3.8) is 0 Å². The molecule has 0 spiro atoms. The first-order valence-corrected chi connectivity index (χ1v) is 12.4. The van der Waals surface area contributed by atoms with Crippen LogP contribution in [0.25, 0.3) is 0 Å². The minimum atomic E-state index is -0.165. The maximum atomic E-state index is 11.9. The fraction of sp³-hybridized carbons (Fsp3) is 0.667. The van der Waals surface area contributed by atoms with E-state index in [1.165, 1.54) is 25.7 Å². The van der Waals surface area contributed by atoms with E-state index in [2.05, 4.69) is 33.8 Å². The second-order valence-electron chi connectivity index (χ2n) is 11.3. The number of carbonyl (C=O) groups is 1. The summed E-state index contributed by atoms with van der Waals surface area (Å²) in [5.41, 5.74) is 0.359. The van der Waals surface area contributed by atoms with Crippen LogP contribution in [0.3, 0.4) is 0 Å². The van der Waals surface area contributed by atoms with E-state index in [1.54, 1.807) is 6.08 Å². The molecule has 0 amide bonds. The highest BCUT2D eigenvalue weighted by atomic mass is 35.5. The van der Waals surface area contributed by atoms with Crippen LogP contribution in [0.4, 0.5) is 0 Å². The van der Waals surface area contributed by atoms with Crippen molar-refractivity contribution in [2.75, 3.05) is 0 Å². The van der Waals surface area contributed by atoms with Crippen molar-refractivity contribution in [2.24, 2.45) is 40.4 Å². The minimum absolute atomic E-state index is 0.0204. The molecule has 9 atom stereocenters. The first kappa shape index (κ1) is 21.4. The second kappa shape index (κ2) is 7.54. The summed E-state index contributed by atoms with van der Waals surface area (Å²) in [7, 11) is 0. The lowest BCUT2D eigenvalue weighted by Gasteiger charge is -2.59. The van der Waals surface area contributed by atoms with Gasteiger partial charge in [-0.15, -0.1) is 0 Å². The summed E-state index contributed by atoms with van der Waals surface area (Å²) in [6.45, 7) is 9.49. The molecule has 4 heteroatoms. The Kier molecular flexibility index (Phi) is 5.20. The molecule has 168 valence electrons. The van der Waals surface area contributed by atoms with Gasteiger partial charge in [-0.2, -0.15) is 0 Å². The molecule has 3 aliphatic carbocycles. The average molecular weight is 443 g/mol. The summed E-state index contributed by atoms with van der Waals surface area (Å²) in [6.07, 6.45) is 10.0. The number of fused-ring (bicyclic) bond motifs is 5. The lowest BCUT2D eigenvalue weighted by atomic mass is 9.47. The van der Waals surface area contributed by atoms with Gasteiger partial charge in [0.05, 0.1) is 6.10 Å². The summed E-state index contributed by atoms with van der Waals surface area (Å²) in [6, 6.07) is 7.76. The van der Waals surface area contributed by atoms with E-state index >= 15 is 0 Å². The number of carbonyl (C=O) groups excluding carboxylic acids is 1. The van der Waals surface area contributed by atoms with Crippen LogP contribution in [0.2, 0.25) is 5.02 Å². The molecule has 3 fully saturated rings. The van der Waals surface area contributed by atoms with Crippen LogP contribution in [0.1, 0.15) is 59.8 Å². The predicted molar refractivity (Wildman–Crippen MR) is 123 cm³/mol. The lowest BCUT2D eigenvalue weighted by Crippen LogP contribution is -2.57. The Balaban J connectivity index is 1.37. The van der Waals surface area contributed by atoms with Gasteiger partial charge < -0.3 is 9.47 Å². The predicted octanol–water partition coefficient (Wildman–Crippen LogP) is 6.69. The zero-order chi connectivity index (χ0) is 22.0. The van der Waals surface area contributed by atoms with Crippen molar-refractivity contribution < 1.29 is 14.3 Å². The van der Waals surface area contributed by atoms with E-state index in [9.17, 15) is 4.79 Å². The van der Waals surface area contributed by atoms with Crippen LogP contribution >= 0.6 is 11.6 Å². The van der Waals surface area contributed by atoms with Gasteiger partial charge in [-0.1, -0.05) is 44.5 Å². The highest BCUT2D eigenvalue weighted by molar-refractivity contribution is 6.30. The monoisotopic (exact) mass is 442 g/mol. The summed E-state index contributed by atoms with van der Waals surface area (Å²) < 4.78 is 12.2. The Bertz CT molecular complexity index is 896. The molecule has 3 nitrogen and oxygen atoms in total. The average Bonchev–Trinajstić information content (AvgIpc) is 3.07. The van der Waals surface area contributed by atoms with Gasteiger partial charge in [0.2, 0.25) is 0 Å². The number of rotatable bonds is 3. The topological polar surface area (TPSA) is 35.5 Å². The Hall–Kier alpha value is -1.48. The van der Waals surface area contributed by atoms with Crippen LogP contribution in [0.15, 0.2) is 36.4 Å². The van der Waals surface area contributed by atoms with E-state index in [0.717, 1.165) is 17.2 Å². The van der Waals surface area contributed by atoms with Gasteiger partial charge in [-0.05, 0) is 92.2 Å². The first-order chi connectivity index (χ1) is 14.7. The van der Waals surface area contributed by atoms with Crippen LogP contribution in [0.5, 0.6) is 5.75 Å². The third-order valence-corrected chi connectivity index (χ3v) is 9.73. The molecule has 0 saturated heterocycles. The van der Waals surface area contributed by atoms with Crippen molar-refractivity contribution in [3.05, 3.63) is 41.4 Å². The van der Waals surface area contributed by atoms with Crippen LogP contribution in [-0.2, 0) is 9.53 Å². The normalized spacial score (nSPS) is 44.6. The van der Waals surface area contributed by atoms with Gasteiger partial charge in [0, 0.05) is 16.5 Å². The maximum absolute atomic E-state index is 11.9. The largest absolute Gasteiger partial charge is 0.490 e. The third-order valence-electron chi connectivity index (χ3n) is 9.49. The lowest BCUT2D eigenvalue weighted by molar-refractivity contribution is -0.173. The van der Waals surface area contributed by atoms with Gasteiger partial charge >= 0.3 is 5.97 Å². The third kappa shape index (κ3) is 3.52. The Morgan fingerprint density at radius 2 is 2.03 bits per heavy atom. The maximum Gasteiger partial charge on any atom is 0.330 e. The number of hydrogen-bond donors (Lipinski definition) is 0. The molecule has 1 heterocycles. The molecule has 3 saturated carbocycles. The van der Waals surface area contributed by atoms with Crippen molar-refractivity contribution >= 4 is 17.6 Å². The molecule has 1 aromatic rings. The molecule has 1 aromatic carbocycles. The molecule has 31 heavy (non-hydrogen) atoms. The van der Waals surface area contributed by atoms with Crippen LogP contribution < -0.4 is 4.74 Å². The van der Waals surface area contributed by atoms with E-state index in [4.69, 9.17) is 21.1 Å². The molecule has 1 aliphatic heterocycles. The molecular weight excluding hydrogens is 408 g/mol. The van der Waals surface area contributed by atoms with E-state index < -0.39 is 0 Å². The van der Waals surface area contributed by atoms with Gasteiger partial charge in [-0.25, -0.2) is 4.79 Å². The van der Waals surface area contributed by atoms with Gasteiger partial charge in [0.25, 0.3) is 0 Å². The number of esters is 1. The summed E-state index contributed by atoms with van der Waals surface area (Å²) in [4.78, 5) is 11.9. The number of benzene rings is 1. The molecule has 0 radical (unpaired) electrons. The van der Waals surface area contributed by atoms with E-state index in [-0.39, 0.29) is 23.6 Å². The zero-order valence-corrected chi connectivity index (χ0v) is 19.9. The van der Waals surface area contributed by atoms with Gasteiger partial charge in [-0.3, -0.25) is 0 Å². The quantitative estimate of drug-likeness (QED) is 0.489. The standard InChI is InChI=1S/C27H35ClO3/c1-16-12-23-27(4,11-9-24(29)31-23)21-8-10-26(3)15-18(13-22(26)25(16)21)17(2)30-20-7-5-6-19(28)14-20/h5-7,9,11,14,16-18,21-23,25H,8,10,12-13,15H2,1-4H3/t16-,17?,18-,21-,22-,23+,25+,26+,27+/m0/s1.